The predicted octanol–water partition coefficient (Wildman–Crippen LogP) is 0.401. The minimum absolute atomic E-state index is 0.224. The van der Waals surface area contributed by atoms with Gasteiger partial charge in [-0.05, 0) is 27.7 Å². The topological polar surface area (TPSA) is 92.7 Å². The molecule has 0 radical (unpaired) electrons. The van der Waals surface area contributed by atoms with Gasteiger partial charge in [-0.3, -0.25) is 4.89 Å². The van der Waals surface area contributed by atoms with Crippen molar-refractivity contribution in [2.24, 2.45) is 0 Å². The van der Waals surface area contributed by atoms with Gasteiger partial charge >= 0.3 is 11.8 Å². The zero-order chi connectivity index (χ0) is 14.8. The van der Waals surface area contributed by atoms with Crippen LogP contribution in [-0.4, -0.2) is 53.5 Å². The Labute approximate surface area is 115 Å². The van der Waals surface area contributed by atoms with Crippen LogP contribution < -0.4 is 0 Å². The van der Waals surface area contributed by atoms with E-state index in [1.807, 2.05) is 0 Å². The minimum atomic E-state index is -1.84. The molecule has 0 unspecified atom stereocenters. The van der Waals surface area contributed by atoms with Gasteiger partial charge in [0.25, 0.3) is 0 Å². The molecule has 3 fully saturated rings. The van der Waals surface area contributed by atoms with E-state index in [9.17, 15) is 4.79 Å². The smallest absolute Gasteiger partial charge is 0.348 e. The van der Waals surface area contributed by atoms with Crippen molar-refractivity contribution in [2.45, 2.75) is 63.4 Å². The van der Waals surface area contributed by atoms with E-state index in [4.69, 9.17) is 28.9 Å². The Hall–Kier alpha value is -0.770. The molecule has 0 aliphatic carbocycles. The number of carbonyl (C=O) groups is 1. The molecule has 3 heterocycles. The van der Waals surface area contributed by atoms with Crippen molar-refractivity contribution in [3.8, 4) is 0 Å². The summed E-state index contributed by atoms with van der Waals surface area (Å²) in [7, 11) is 0. The van der Waals surface area contributed by atoms with Gasteiger partial charge in [-0.1, -0.05) is 0 Å². The lowest BCUT2D eigenvalue weighted by atomic mass is 10.0. The highest BCUT2D eigenvalue weighted by Gasteiger charge is 2.72. The van der Waals surface area contributed by atoms with Crippen molar-refractivity contribution in [1.82, 2.24) is 0 Å². The summed E-state index contributed by atoms with van der Waals surface area (Å²) in [5.41, 5.74) is 0. The summed E-state index contributed by atoms with van der Waals surface area (Å²) < 4.78 is 28.2. The van der Waals surface area contributed by atoms with Crippen molar-refractivity contribution in [1.29, 1.82) is 0 Å². The molecule has 3 rings (SSSR count). The normalized spacial score (nSPS) is 44.8. The van der Waals surface area contributed by atoms with Crippen molar-refractivity contribution in [3.63, 3.8) is 0 Å². The molecule has 8 heteroatoms. The Morgan fingerprint density at radius 2 is 1.85 bits per heavy atom. The number of carbonyl (C=O) groups excluding carboxylic acids is 1. The van der Waals surface area contributed by atoms with Gasteiger partial charge in [0.15, 0.2) is 17.7 Å². The summed E-state index contributed by atoms with van der Waals surface area (Å²) in [5.74, 6) is -4.78. The van der Waals surface area contributed by atoms with Crippen LogP contribution in [0.4, 0.5) is 0 Å². The molecule has 0 aromatic rings. The minimum Gasteiger partial charge on any atom is -0.348 e. The van der Waals surface area contributed by atoms with Crippen LogP contribution in [0.5, 0.6) is 0 Å². The average Bonchev–Trinajstić information content (AvgIpc) is 2.76. The fourth-order valence-corrected chi connectivity index (χ4v) is 2.87. The number of hydrogen-bond donors (Lipinski definition) is 1. The first-order valence-electron chi connectivity index (χ1n) is 6.42. The quantitative estimate of drug-likeness (QED) is 0.548. The first-order chi connectivity index (χ1) is 9.19. The molecule has 1 N–H and O–H groups in total. The lowest BCUT2D eigenvalue weighted by Gasteiger charge is -2.38. The second-order valence-electron chi connectivity index (χ2n) is 6.04. The van der Waals surface area contributed by atoms with Gasteiger partial charge in [0.2, 0.25) is 0 Å². The third kappa shape index (κ3) is 1.95. The zero-order valence-electron chi connectivity index (χ0n) is 11.7. The number of fused-ring (bicyclic) bond motifs is 3. The van der Waals surface area contributed by atoms with E-state index in [1.165, 1.54) is 0 Å². The average molecular weight is 290 g/mol. The third-order valence-electron chi connectivity index (χ3n) is 3.56. The van der Waals surface area contributed by atoms with Gasteiger partial charge in [0, 0.05) is 0 Å². The maximum absolute atomic E-state index is 11.9. The van der Waals surface area contributed by atoms with E-state index in [0.717, 1.165) is 0 Å². The molecule has 20 heavy (non-hydrogen) atoms. The molecule has 0 amide bonds. The van der Waals surface area contributed by atoms with Crippen LogP contribution >= 0.6 is 0 Å². The number of ether oxygens (including phenoxy) is 5. The van der Waals surface area contributed by atoms with Crippen LogP contribution in [0.1, 0.15) is 27.7 Å². The van der Waals surface area contributed by atoms with E-state index in [1.54, 1.807) is 27.7 Å². The number of rotatable bonds is 1. The van der Waals surface area contributed by atoms with E-state index < -0.39 is 41.6 Å². The zero-order valence-corrected chi connectivity index (χ0v) is 11.7. The van der Waals surface area contributed by atoms with Crippen LogP contribution in [-0.2, 0) is 33.4 Å². The highest BCUT2D eigenvalue weighted by Crippen LogP contribution is 2.49. The van der Waals surface area contributed by atoms with Crippen molar-refractivity contribution in [3.05, 3.63) is 0 Å². The van der Waals surface area contributed by atoms with E-state index >= 15 is 0 Å². The Morgan fingerprint density at radius 1 is 1.15 bits per heavy atom. The SMILES string of the molecule is CC1(C)OC[C@@H]2O[C@@]3(C(=O)OO)OC(C)(C)O[C@H]3[C@@H]2O1. The molecule has 0 saturated carbocycles. The highest BCUT2D eigenvalue weighted by molar-refractivity contribution is 5.79. The van der Waals surface area contributed by atoms with Crippen molar-refractivity contribution < 1.29 is 38.6 Å². The Bertz CT molecular complexity index is 433. The largest absolute Gasteiger partial charge is 0.404 e. The van der Waals surface area contributed by atoms with Crippen LogP contribution in [0.25, 0.3) is 0 Å². The Balaban J connectivity index is 1.95. The maximum atomic E-state index is 11.9. The van der Waals surface area contributed by atoms with Gasteiger partial charge in [0.05, 0.1) is 6.61 Å². The van der Waals surface area contributed by atoms with Gasteiger partial charge < -0.3 is 23.7 Å². The second-order valence-corrected chi connectivity index (χ2v) is 6.04. The molecule has 114 valence electrons. The molecule has 0 aromatic carbocycles. The monoisotopic (exact) mass is 290 g/mol. The molecular weight excluding hydrogens is 272 g/mol. The molecule has 3 saturated heterocycles. The highest BCUT2D eigenvalue weighted by atomic mass is 17.1. The molecule has 0 spiro atoms. The first kappa shape index (κ1) is 14.2. The first-order valence-corrected chi connectivity index (χ1v) is 6.42. The van der Waals surface area contributed by atoms with E-state index in [-0.39, 0.29) is 6.61 Å². The van der Waals surface area contributed by atoms with E-state index in [0.29, 0.717) is 0 Å². The standard InChI is InChI=1S/C12H18O8/c1-10(2)15-5-6-7(17-10)8-12(16-6,9(13)19-14)20-11(3,4)18-8/h6-8,14H,5H2,1-4H3/t6-,7+,8-,12+/m0/s1. The van der Waals surface area contributed by atoms with Crippen LogP contribution in [0.3, 0.4) is 0 Å². The van der Waals surface area contributed by atoms with Crippen molar-refractivity contribution >= 4 is 5.97 Å². The van der Waals surface area contributed by atoms with Gasteiger partial charge in [0.1, 0.15) is 12.2 Å². The predicted molar refractivity (Wildman–Crippen MR) is 61.3 cm³/mol. The Morgan fingerprint density at radius 3 is 2.50 bits per heavy atom. The summed E-state index contributed by atoms with van der Waals surface area (Å²) >= 11 is 0. The Kier molecular flexibility index (Phi) is 2.92. The lowest BCUT2D eigenvalue weighted by molar-refractivity contribution is -0.332. The number of hydrogen-bond acceptors (Lipinski definition) is 8. The summed E-state index contributed by atoms with van der Waals surface area (Å²) in [4.78, 5) is 15.7. The summed E-state index contributed by atoms with van der Waals surface area (Å²) in [6, 6.07) is 0. The van der Waals surface area contributed by atoms with Crippen LogP contribution in [0.15, 0.2) is 0 Å². The molecule has 3 aliphatic rings. The molecule has 0 aromatic heterocycles. The summed E-state index contributed by atoms with van der Waals surface area (Å²) in [6.07, 6.45) is -1.94. The third-order valence-corrected chi connectivity index (χ3v) is 3.56. The maximum Gasteiger partial charge on any atom is 0.404 e. The van der Waals surface area contributed by atoms with Gasteiger partial charge in [-0.15, -0.1) is 0 Å². The fraction of sp³-hybridized carbons (Fsp3) is 0.917. The summed E-state index contributed by atoms with van der Waals surface area (Å²) in [6.45, 7) is 7.02. The molecular formula is C12H18O8. The van der Waals surface area contributed by atoms with Crippen molar-refractivity contribution in [2.75, 3.05) is 6.61 Å². The summed E-state index contributed by atoms with van der Waals surface area (Å²) in [5, 5.41) is 8.71. The van der Waals surface area contributed by atoms with Crippen LogP contribution in [0.2, 0.25) is 0 Å². The van der Waals surface area contributed by atoms with Gasteiger partial charge in [-0.25, -0.2) is 4.79 Å². The van der Waals surface area contributed by atoms with Gasteiger partial charge in [-0.2, -0.15) is 5.26 Å². The molecule has 0 bridgehead atoms. The van der Waals surface area contributed by atoms with E-state index in [2.05, 4.69) is 4.89 Å². The second kappa shape index (κ2) is 4.12. The van der Waals surface area contributed by atoms with Crippen LogP contribution in [0, 0.1) is 0 Å². The fourth-order valence-electron chi connectivity index (χ4n) is 2.87. The molecule has 8 nitrogen and oxygen atoms in total. The molecule has 4 atom stereocenters. The lowest BCUT2D eigenvalue weighted by Crippen LogP contribution is -2.52. The molecule has 3 aliphatic heterocycles.